The molecular weight excluding hydrogens is 203 g/mol. The molecule has 0 heterocycles. The van der Waals surface area contributed by atoms with Crippen LogP contribution in [-0.4, -0.2) is 6.10 Å². The molecule has 0 spiro atoms. The second kappa shape index (κ2) is 4.65. The normalized spacial score (nSPS) is 13.0. The van der Waals surface area contributed by atoms with Gasteiger partial charge in [0.2, 0.25) is 0 Å². The van der Waals surface area contributed by atoms with E-state index >= 15 is 0 Å². The van der Waals surface area contributed by atoms with Crippen LogP contribution in [0.4, 0.5) is 4.39 Å². The average Bonchev–Trinajstić information content (AvgIpc) is 2.09. The zero-order chi connectivity index (χ0) is 10.7. The lowest BCUT2D eigenvalue weighted by Crippen LogP contribution is -2.19. The minimum atomic E-state index is -0.412. The molecule has 0 amide bonds. The van der Waals surface area contributed by atoms with Crippen LogP contribution in [0, 0.1) is 11.7 Å². The second-order valence-electron chi connectivity index (χ2n) is 3.64. The van der Waals surface area contributed by atoms with Gasteiger partial charge in [0.05, 0.1) is 6.10 Å². The molecule has 0 aliphatic carbocycles. The van der Waals surface area contributed by atoms with E-state index in [2.05, 4.69) is 0 Å². The maximum atomic E-state index is 13.3. The lowest BCUT2D eigenvalue weighted by Gasteiger charge is -2.18. The van der Waals surface area contributed by atoms with Crippen molar-refractivity contribution in [2.24, 2.45) is 5.92 Å². The van der Waals surface area contributed by atoms with Crippen molar-refractivity contribution >= 4 is 11.6 Å². The van der Waals surface area contributed by atoms with E-state index in [1.54, 1.807) is 12.1 Å². The number of halogens is 2. The number of hydrogen-bond donors (Lipinski definition) is 0. The molecular formula is C11H14ClFO. The molecule has 0 N–H and O–H groups in total. The van der Waals surface area contributed by atoms with Crippen LogP contribution in [0.25, 0.3) is 0 Å². The molecule has 1 aromatic rings. The lowest BCUT2D eigenvalue weighted by molar-refractivity contribution is 0.163. The maximum Gasteiger partial charge on any atom is 0.166 e. The second-order valence-corrected chi connectivity index (χ2v) is 4.08. The summed E-state index contributed by atoms with van der Waals surface area (Å²) >= 11 is 5.62. The zero-order valence-corrected chi connectivity index (χ0v) is 9.31. The number of ether oxygens (including phenoxy) is 1. The van der Waals surface area contributed by atoms with Crippen LogP contribution in [0.3, 0.4) is 0 Å². The molecule has 0 saturated carbocycles. The molecule has 0 fully saturated rings. The summed E-state index contributed by atoms with van der Waals surface area (Å²) in [4.78, 5) is 0. The SMILES string of the molecule is CC(C)C(C)Oc1ccc(Cl)cc1F. The van der Waals surface area contributed by atoms with Crippen LogP contribution in [0.1, 0.15) is 20.8 Å². The highest BCUT2D eigenvalue weighted by molar-refractivity contribution is 6.30. The van der Waals surface area contributed by atoms with Gasteiger partial charge in [0.15, 0.2) is 11.6 Å². The summed E-state index contributed by atoms with van der Waals surface area (Å²) in [5, 5.41) is 0.382. The first-order valence-electron chi connectivity index (χ1n) is 4.62. The van der Waals surface area contributed by atoms with E-state index in [1.807, 2.05) is 20.8 Å². The highest BCUT2D eigenvalue weighted by Crippen LogP contribution is 2.23. The standard InChI is InChI=1S/C11H14ClFO/c1-7(2)8(3)14-11-5-4-9(12)6-10(11)13/h4-8H,1-3H3. The van der Waals surface area contributed by atoms with Gasteiger partial charge in [-0.1, -0.05) is 25.4 Å². The minimum Gasteiger partial charge on any atom is -0.487 e. The van der Waals surface area contributed by atoms with Gasteiger partial charge in [0.25, 0.3) is 0 Å². The van der Waals surface area contributed by atoms with Crippen LogP contribution < -0.4 is 4.74 Å². The van der Waals surface area contributed by atoms with E-state index < -0.39 is 5.82 Å². The van der Waals surface area contributed by atoms with Crippen molar-refractivity contribution in [3.63, 3.8) is 0 Å². The van der Waals surface area contributed by atoms with E-state index in [-0.39, 0.29) is 11.9 Å². The van der Waals surface area contributed by atoms with Crippen molar-refractivity contribution in [2.45, 2.75) is 26.9 Å². The number of hydrogen-bond acceptors (Lipinski definition) is 1. The molecule has 0 aliphatic heterocycles. The third-order valence-corrected chi connectivity index (χ3v) is 2.38. The van der Waals surface area contributed by atoms with Crippen LogP contribution in [0.15, 0.2) is 18.2 Å². The van der Waals surface area contributed by atoms with Crippen molar-refractivity contribution in [1.29, 1.82) is 0 Å². The van der Waals surface area contributed by atoms with Crippen LogP contribution in [-0.2, 0) is 0 Å². The fourth-order valence-electron chi connectivity index (χ4n) is 0.907. The highest BCUT2D eigenvalue weighted by Gasteiger charge is 2.11. The van der Waals surface area contributed by atoms with Crippen LogP contribution in [0.5, 0.6) is 5.75 Å². The summed E-state index contributed by atoms with van der Waals surface area (Å²) in [7, 11) is 0. The Kier molecular flexibility index (Phi) is 3.76. The molecule has 1 nitrogen and oxygen atoms in total. The molecule has 0 bridgehead atoms. The van der Waals surface area contributed by atoms with Gasteiger partial charge in [-0.3, -0.25) is 0 Å². The Morgan fingerprint density at radius 2 is 1.93 bits per heavy atom. The number of benzene rings is 1. The Bertz CT molecular complexity index is 312. The minimum absolute atomic E-state index is 0.00863. The highest BCUT2D eigenvalue weighted by atomic mass is 35.5. The van der Waals surface area contributed by atoms with Crippen LogP contribution in [0.2, 0.25) is 5.02 Å². The van der Waals surface area contributed by atoms with E-state index in [0.717, 1.165) is 0 Å². The molecule has 1 atom stereocenters. The molecule has 14 heavy (non-hydrogen) atoms. The molecule has 1 rings (SSSR count). The Morgan fingerprint density at radius 1 is 1.29 bits per heavy atom. The Labute approximate surface area is 88.8 Å². The van der Waals surface area contributed by atoms with Gasteiger partial charge in [0.1, 0.15) is 0 Å². The predicted molar refractivity (Wildman–Crippen MR) is 56.3 cm³/mol. The van der Waals surface area contributed by atoms with Gasteiger partial charge >= 0.3 is 0 Å². The first-order chi connectivity index (χ1) is 6.50. The maximum absolute atomic E-state index is 13.3. The molecule has 1 aromatic carbocycles. The average molecular weight is 217 g/mol. The Balaban J connectivity index is 2.77. The fraction of sp³-hybridized carbons (Fsp3) is 0.455. The third kappa shape index (κ3) is 2.88. The largest absolute Gasteiger partial charge is 0.487 e. The molecule has 78 valence electrons. The summed E-state index contributed by atoms with van der Waals surface area (Å²) in [5.74, 6) is 0.200. The monoisotopic (exact) mass is 216 g/mol. The molecule has 3 heteroatoms. The lowest BCUT2D eigenvalue weighted by atomic mass is 10.1. The van der Waals surface area contributed by atoms with E-state index in [9.17, 15) is 4.39 Å². The smallest absolute Gasteiger partial charge is 0.166 e. The van der Waals surface area contributed by atoms with Crippen LogP contribution >= 0.6 is 11.6 Å². The quantitative estimate of drug-likeness (QED) is 0.745. The van der Waals surface area contributed by atoms with E-state index in [1.165, 1.54) is 6.07 Å². The molecule has 0 aliphatic rings. The van der Waals surface area contributed by atoms with E-state index in [0.29, 0.717) is 10.9 Å². The molecule has 1 unspecified atom stereocenters. The summed E-state index contributed by atoms with van der Waals surface area (Å²) in [6, 6.07) is 4.42. The van der Waals surface area contributed by atoms with E-state index in [4.69, 9.17) is 16.3 Å². The molecule has 0 radical (unpaired) electrons. The van der Waals surface area contributed by atoms with Crippen molar-refractivity contribution in [3.05, 3.63) is 29.0 Å². The van der Waals surface area contributed by atoms with Crippen molar-refractivity contribution in [3.8, 4) is 5.75 Å². The Hall–Kier alpha value is -0.760. The van der Waals surface area contributed by atoms with Crippen molar-refractivity contribution in [2.75, 3.05) is 0 Å². The predicted octanol–water partition coefficient (Wildman–Crippen LogP) is 3.90. The number of rotatable bonds is 3. The summed E-state index contributed by atoms with van der Waals surface area (Å²) in [6.07, 6.45) is -0.00863. The van der Waals surface area contributed by atoms with Gasteiger partial charge in [-0.15, -0.1) is 0 Å². The van der Waals surface area contributed by atoms with Gasteiger partial charge < -0.3 is 4.74 Å². The molecule has 0 aromatic heterocycles. The summed E-state index contributed by atoms with van der Waals surface area (Å²) < 4.78 is 18.7. The van der Waals surface area contributed by atoms with Crippen molar-refractivity contribution < 1.29 is 9.13 Å². The van der Waals surface area contributed by atoms with Gasteiger partial charge in [0, 0.05) is 5.02 Å². The zero-order valence-electron chi connectivity index (χ0n) is 8.55. The summed E-state index contributed by atoms with van der Waals surface area (Å²) in [5.41, 5.74) is 0. The van der Waals surface area contributed by atoms with Gasteiger partial charge in [-0.05, 0) is 31.0 Å². The first kappa shape index (κ1) is 11.3. The van der Waals surface area contributed by atoms with Gasteiger partial charge in [-0.25, -0.2) is 4.39 Å². The van der Waals surface area contributed by atoms with Gasteiger partial charge in [-0.2, -0.15) is 0 Å². The van der Waals surface area contributed by atoms with Crippen molar-refractivity contribution in [1.82, 2.24) is 0 Å². The summed E-state index contributed by atoms with van der Waals surface area (Å²) in [6.45, 7) is 5.97. The Morgan fingerprint density at radius 3 is 2.43 bits per heavy atom. The molecule has 0 saturated heterocycles. The topological polar surface area (TPSA) is 9.23 Å². The fourth-order valence-corrected chi connectivity index (χ4v) is 1.07. The third-order valence-electron chi connectivity index (χ3n) is 2.15. The first-order valence-corrected chi connectivity index (χ1v) is 5.00.